The first kappa shape index (κ1) is 17.7. The Labute approximate surface area is 149 Å². The minimum Gasteiger partial charge on any atom is -0.444 e. The van der Waals surface area contributed by atoms with Gasteiger partial charge in [0.15, 0.2) is 11.0 Å². The lowest BCUT2D eigenvalue weighted by Gasteiger charge is -2.59. The Kier molecular flexibility index (Phi) is 4.06. The first-order chi connectivity index (χ1) is 11.5. The second kappa shape index (κ2) is 5.72. The molecule has 2 N–H and O–H groups in total. The van der Waals surface area contributed by atoms with Crippen LogP contribution in [0.3, 0.4) is 0 Å². The number of hydrogen-bond acceptors (Lipinski definition) is 5. The van der Waals surface area contributed by atoms with E-state index in [0.29, 0.717) is 26.2 Å². The molecule has 9 heteroatoms. The van der Waals surface area contributed by atoms with Gasteiger partial charge in [-0.05, 0) is 20.8 Å². The molecule has 2 saturated heterocycles. The maximum atomic E-state index is 13.7. The van der Waals surface area contributed by atoms with Gasteiger partial charge in [-0.1, -0.05) is 11.6 Å². The third-order valence-electron chi connectivity index (χ3n) is 4.29. The highest BCUT2D eigenvalue weighted by Gasteiger charge is 2.55. The molecule has 0 saturated carbocycles. The van der Waals surface area contributed by atoms with Crippen LogP contribution in [0.2, 0.25) is 5.15 Å². The Morgan fingerprint density at radius 3 is 2.40 bits per heavy atom. The van der Waals surface area contributed by atoms with Gasteiger partial charge >= 0.3 is 6.09 Å². The van der Waals surface area contributed by atoms with Gasteiger partial charge in [-0.25, -0.2) is 14.2 Å². The number of carbonyl (C=O) groups excluding carboxylic acids is 2. The van der Waals surface area contributed by atoms with Crippen molar-refractivity contribution in [3.8, 4) is 0 Å². The average Bonchev–Trinajstić information content (AvgIpc) is 2.39. The highest BCUT2D eigenvalue weighted by molar-refractivity contribution is 6.30. The fourth-order valence-electron chi connectivity index (χ4n) is 3.14. The monoisotopic (exact) mass is 370 g/mol. The van der Waals surface area contributed by atoms with E-state index in [0.717, 1.165) is 0 Å². The Hall–Kier alpha value is -2.09. The Bertz CT molecular complexity index is 736. The van der Waals surface area contributed by atoms with Crippen LogP contribution in [0.15, 0.2) is 6.20 Å². The van der Waals surface area contributed by atoms with E-state index in [1.165, 1.54) is 6.20 Å². The third kappa shape index (κ3) is 3.22. The summed E-state index contributed by atoms with van der Waals surface area (Å²) >= 11 is 5.55. The summed E-state index contributed by atoms with van der Waals surface area (Å²) in [5, 5.41) is -0.360. The van der Waals surface area contributed by atoms with Crippen molar-refractivity contribution in [2.24, 2.45) is 5.41 Å². The van der Waals surface area contributed by atoms with E-state index in [1.54, 1.807) is 9.80 Å². The molecule has 0 atom stereocenters. The minimum absolute atomic E-state index is 0.0000666. The summed E-state index contributed by atoms with van der Waals surface area (Å²) in [5.41, 5.74) is 4.67. The second-order valence-electron chi connectivity index (χ2n) is 7.69. The van der Waals surface area contributed by atoms with Gasteiger partial charge in [0.2, 0.25) is 0 Å². The summed E-state index contributed by atoms with van der Waals surface area (Å²) in [5.74, 6) is -1.27. The first-order valence-electron chi connectivity index (χ1n) is 7.88. The van der Waals surface area contributed by atoms with Crippen LogP contribution in [-0.2, 0) is 4.74 Å². The molecule has 1 aromatic heterocycles. The summed E-state index contributed by atoms with van der Waals surface area (Å²) in [6, 6.07) is 0. The second-order valence-corrected chi connectivity index (χ2v) is 8.05. The third-order valence-corrected chi connectivity index (χ3v) is 4.55. The average molecular weight is 371 g/mol. The molecule has 25 heavy (non-hydrogen) atoms. The number of likely N-dealkylation sites (tertiary alicyclic amines) is 2. The van der Waals surface area contributed by atoms with Crippen LogP contribution < -0.4 is 5.73 Å². The van der Waals surface area contributed by atoms with Gasteiger partial charge in [0.1, 0.15) is 5.60 Å². The first-order valence-corrected chi connectivity index (χ1v) is 8.26. The van der Waals surface area contributed by atoms with Crippen LogP contribution in [0.1, 0.15) is 31.1 Å². The molecule has 7 nitrogen and oxygen atoms in total. The highest BCUT2D eigenvalue weighted by Crippen LogP contribution is 2.41. The van der Waals surface area contributed by atoms with Crippen molar-refractivity contribution < 1.29 is 18.7 Å². The zero-order valence-corrected chi connectivity index (χ0v) is 15.1. The quantitative estimate of drug-likeness (QED) is 0.765. The Morgan fingerprint density at radius 1 is 1.28 bits per heavy atom. The Balaban J connectivity index is 1.57. The van der Waals surface area contributed by atoms with E-state index in [1.807, 2.05) is 20.8 Å². The molecule has 2 fully saturated rings. The normalized spacial score (nSPS) is 18.6. The van der Waals surface area contributed by atoms with Gasteiger partial charge < -0.3 is 20.3 Å². The summed E-state index contributed by atoms with van der Waals surface area (Å²) in [7, 11) is 0. The number of pyridine rings is 1. The van der Waals surface area contributed by atoms with Crippen LogP contribution >= 0.6 is 11.6 Å². The van der Waals surface area contributed by atoms with Crippen molar-refractivity contribution in [2.75, 3.05) is 31.9 Å². The lowest BCUT2D eigenvalue weighted by Crippen LogP contribution is -2.73. The van der Waals surface area contributed by atoms with Crippen LogP contribution in [0.5, 0.6) is 0 Å². The van der Waals surface area contributed by atoms with Crippen LogP contribution in [-0.4, -0.2) is 58.6 Å². The number of aromatic nitrogens is 1. The number of halogens is 2. The smallest absolute Gasteiger partial charge is 0.410 e. The molecule has 0 unspecified atom stereocenters. The molecule has 1 spiro atoms. The molecule has 2 amide bonds. The van der Waals surface area contributed by atoms with E-state index in [-0.39, 0.29) is 33.8 Å². The number of anilines is 1. The zero-order valence-electron chi connectivity index (χ0n) is 14.3. The highest BCUT2D eigenvalue weighted by atomic mass is 35.5. The number of amides is 2. The van der Waals surface area contributed by atoms with Crippen LogP contribution in [0.25, 0.3) is 0 Å². The van der Waals surface area contributed by atoms with Gasteiger partial charge in [0, 0.05) is 37.8 Å². The number of carbonyl (C=O) groups is 2. The topological polar surface area (TPSA) is 88.8 Å². The molecule has 0 aromatic carbocycles. The lowest BCUT2D eigenvalue weighted by atomic mass is 9.73. The van der Waals surface area contributed by atoms with Crippen molar-refractivity contribution in [1.82, 2.24) is 14.8 Å². The molecule has 2 aliphatic rings. The van der Waals surface area contributed by atoms with Crippen LogP contribution in [0, 0.1) is 11.2 Å². The molecule has 0 bridgehead atoms. The fourth-order valence-corrected chi connectivity index (χ4v) is 3.29. The predicted octanol–water partition coefficient (Wildman–Crippen LogP) is 2.15. The van der Waals surface area contributed by atoms with Crippen molar-refractivity contribution in [1.29, 1.82) is 0 Å². The fraction of sp³-hybridized carbons (Fsp3) is 0.562. The SMILES string of the molecule is CC(C)(C)OC(=O)N1CC2(C1)CN(C(=O)c1cnc(Cl)c(F)c1N)C2. The summed E-state index contributed by atoms with van der Waals surface area (Å²) in [6.07, 6.45) is 0.832. The largest absolute Gasteiger partial charge is 0.444 e. The molecule has 0 radical (unpaired) electrons. The number of nitrogens with zero attached hydrogens (tertiary/aromatic N) is 3. The molecular weight excluding hydrogens is 351 g/mol. The summed E-state index contributed by atoms with van der Waals surface area (Å²) < 4.78 is 19.0. The summed E-state index contributed by atoms with van der Waals surface area (Å²) in [4.78, 5) is 31.2. The van der Waals surface area contributed by atoms with Crippen LogP contribution in [0.4, 0.5) is 14.9 Å². The Morgan fingerprint density at radius 2 is 1.84 bits per heavy atom. The van der Waals surface area contributed by atoms with Gasteiger partial charge in [-0.15, -0.1) is 0 Å². The molecule has 3 rings (SSSR count). The minimum atomic E-state index is -0.887. The van der Waals surface area contributed by atoms with Crippen molar-refractivity contribution >= 4 is 29.3 Å². The van der Waals surface area contributed by atoms with Gasteiger partial charge in [-0.2, -0.15) is 0 Å². The number of ether oxygens (including phenoxy) is 1. The van der Waals surface area contributed by atoms with E-state index in [9.17, 15) is 14.0 Å². The number of hydrogen-bond donors (Lipinski definition) is 1. The van der Waals surface area contributed by atoms with Crippen molar-refractivity contribution in [2.45, 2.75) is 26.4 Å². The molecule has 0 aliphatic carbocycles. The molecular formula is C16H20ClFN4O3. The van der Waals surface area contributed by atoms with E-state index >= 15 is 0 Å². The summed E-state index contributed by atoms with van der Waals surface area (Å²) in [6.45, 7) is 7.47. The van der Waals surface area contributed by atoms with Gasteiger partial charge in [0.25, 0.3) is 5.91 Å². The van der Waals surface area contributed by atoms with E-state index in [4.69, 9.17) is 22.1 Å². The predicted molar refractivity (Wildman–Crippen MR) is 89.8 cm³/mol. The van der Waals surface area contributed by atoms with Gasteiger partial charge in [-0.3, -0.25) is 4.79 Å². The van der Waals surface area contributed by atoms with Gasteiger partial charge in [0.05, 0.1) is 11.3 Å². The zero-order chi connectivity index (χ0) is 18.6. The number of nitrogens with two attached hydrogens (primary N) is 1. The molecule has 136 valence electrons. The van der Waals surface area contributed by atoms with Crippen molar-refractivity contribution in [3.63, 3.8) is 0 Å². The maximum absolute atomic E-state index is 13.7. The standard InChI is InChI=1S/C16H20ClFN4O3/c1-15(2,3)25-14(24)22-7-16(8-22)5-21(6-16)13(23)9-4-20-12(17)10(18)11(9)19/h4H,5-8H2,1-3H3,(H2,19,20). The van der Waals surface area contributed by atoms with E-state index in [2.05, 4.69) is 4.98 Å². The van der Waals surface area contributed by atoms with E-state index < -0.39 is 11.4 Å². The molecule has 1 aromatic rings. The lowest BCUT2D eigenvalue weighted by molar-refractivity contribution is -0.0980. The number of rotatable bonds is 1. The number of nitrogen functional groups attached to an aromatic ring is 1. The molecule has 2 aliphatic heterocycles. The maximum Gasteiger partial charge on any atom is 0.410 e. The molecule has 3 heterocycles. The van der Waals surface area contributed by atoms with Crippen molar-refractivity contribution in [3.05, 3.63) is 22.7 Å².